The lowest BCUT2D eigenvalue weighted by Crippen LogP contribution is -2.21. The van der Waals surface area contributed by atoms with Crippen LogP contribution in [-0.2, 0) is 11.2 Å². The first-order valence-electron chi connectivity index (χ1n) is 11.8. The van der Waals surface area contributed by atoms with Gasteiger partial charge in [-0.25, -0.2) is 15.0 Å². The molecule has 10 heteroatoms. The zero-order chi connectivity index (χ0) is 25.2. The van der Waals surface area contributed by atoms with Crippen molar-refractivity contribution in [2.45, 2.75) is 51.6 Å². The third kappa shape index (κ3) is 4.89. The number of nitrogens with zero attached hydrogens (tertiary/aromatic N) is 5. The Labute approximate surface area is 206 Å². The Kier molecular flexibility index (Phi) is 6.58. The van der Waals surface area contributed by atoms with Crippen molar-refractivity contribution in [2.75, 3.05) is 0 Å². The Balaban J connectivity index is 1.40. The van der Waals surface area contributed by atoms with Crippen LogP contribution in [0.2, 0.25) is 0 Å². The number of halogens is 2. The summed E-state index contributed by atoms with van der Waals surface area (Å²) in [6, 6.07) is 6.73. The minimum Gasteiger partial charge on any atom is -0.481 e. The third-order valence-corrected chi connectivity index (χ3v) is 6.76. The van der Waals surface area contributed by atoms with E-state index >= 15 is 0 Å². The summed E-state index contributed by atoms with van der Waals surface area (Å²) in [6.07, 6.45) is 10.1. The zero-order valence-electron chi connectivity index (χ0n) is 19.6. The van der Waals surface area contributed by atoms with Crippen LogP contribution in [-0.4, -0.2) is 42.0 Å². The number of rotatable bonds is 7. The fraction of sp³-hybridized carbons (Fsp3) is 0.346. The molecule has 1 N–H and O–H groups in total. The van der Waals surface area contributed by atoms with Gasteiger partial charge in [0.2, 0.25) is 0 Å². The van der Waals surface area contributed by atoms with Crippen LogP contribution < -0.4 is 4.74 Å². The summed E-state index contributed by atoms with van der Waals surface area (Å²) in [5.41, 5.74) is 4.27. The minimum absolute atomic E-state index is 0.137. The van der Waals surface area contributed by atoms with E-state index in [1.807, 2.05) is 17.5 Å². The topological polar surface area (TPSA) is 102 Å². The highest BCUT2D eigenvalue weighted by Crippen LogP contribution is 2.34. The van der Waals surface area contributed by atoms with Crippen LogP contribution in [0.15, 0.2) is 49.1 Å². The van der Waals surface area contributed by atoms with Gasteiger partial charge in [-0.2, -0.15) is 8.78 Å². The molecule has 0 spiro atoms. The molecule has 186 valence electrons. The van der Waals surface area contributed by atoms with Crippen molar-refractivity contribution in [1.29, 1.82) is 0 Å². The van der Waals surface area contributed by atoms with E-state index in [0.29, 0.717) is 36.2 Å². The number of imidazole rings is 1. The maximum atomic E-state index is 12.9. The smallest absolute Gasteiger partial charge is 0.387 e. The lowest BCUT2D eigenvalue weighted by atomic mass is 9.81. The van der Waals surface area contributed by atoms with E-state index in [-0.39, 0.29) is 17.6 Å². The number of carbonyl (C=O) groups is 1. The summed E-state index contributed by atoms with van der Waals surface area (Å²) in [7, 11) is 0. The number of aryl methyl sites for hydroxylation is 1. The second-order valence-corrected chi connectivity index (χ2v) is 9.02. The van der Waals surface area contributed by atoms with Crippen LogP contribution in [0.4, 0.5) is 8.78 Å². The van der Waals surface area contributed by atoms with Gasteiger partial charge in [0.25, 0.3) is 0 Å². The molecule has 5 rings (SSSR count). The van der Waals surface area contributed by atoms with Gasteiger partial charge in [-0.1, -0.05) is 18.2 Å². The molecule has 0 saturated heterocycles. The third-order valence-electron chi connectivity index (χ3n) is 6.76. The van der Waals surface area contributed by atoms with Crippen LogP contribution >= 0.6 is 0 Å². The molecule has 1 aromatic carbocycles. The predicted molar refractivity (Wildman–Crippen MR) is 127 cm³/mol. The van der Waals surface area contributed by atoms with E-state index in [1.165, 1.54) is 6.07 Å². The Morgan fingerprint density at radius 2 is 1.83 bits per heavy atom. The summed E-state index contributed by atoms with van der Waals surface area (Å²) < 4.78 is 32.3. The molecule has 0 unspecified atom stereocenters. The predicted octanol–water partition coefficient (Wildman–Crippen LogP) is 5.05. The first kappa shape index (κ1) is 23.8. The fourth-order valence-electron chi connectivity index (χ4n) is 4.80. The normalized spacial score (nSPS) is 18.0. The summed E-state index contributed by atoms with van der Waals surface area (Å²) in [5, 5.41) is 9.20. The number of carboxylic acid groups (broad SMARTS) is 1. The van der Waals surface area contributed by atoms with Gasteiger partial charge >= 0.3 is 12.6 Å². The number of benzene rings is 1. The van der Waals surface area contributed by atoms with Gasteiger partial charge in [-0.05, 0) is 38.7 Å². The van der Waals surface area contributed by atoms with Crippen LogP contribution in [0.5, 0.6) is 5.75 Å². The number of alkyl halides is 2. The van der Waals surface area contributed by atoms with Crippen LogP contribution in [0, 0.1) is 12.8 Å². The number of carboxylic acids is 1. The van der Waals surface area contributed by atoms with Gasteiger partial charge in [-0.3, -0.25) is 14.2 Å². The Bertz CT molecular complexity index is 1380. The second kappa shape index (κ2) is 9.96. The number of ether oxygens (including phenoxy) is 1. The van der Waals surface area contributed by atoms with Crippen LogP contribution in [0.1, 0.15) is 54.4 Å². The van der Waals surface area contributed by atoms with Crippen LogP contribution in [0.25, 0.3) is 16.9 Å². The Morgan fingerprint density at radius 3 is 2.53 bits per heavy atom. The number of para-hydroxylation sites is 1. The molecule has 1 aliphatic carbocycles. The molecule has 36 heavy (non-hydrogen) atoms. The average molecular weight is 494 g/mol. The Morgan fingerprint density at radius 1 is 1.11 bits per heavy atom. The quantitative estimate of drug-likeness (QED) is 0.385. The van der Waals surface area contributed by atoms with Gasteiger partial charge in [0, 0.05) is 42.1 Å². The highest BCUT2D eigenvalue weighted by atomic mass is 19.3. The summed E-state index contributed by atoms with van der Waals surface area (Å²) in [5.74, 6) is 0.00278. The molecule has 3 aromatic heterocycles. The standard InChI is InChI=1S/C26H25F2N5O3/c1-15-21(10-18-4-2-3-5-22(18)36-26(27)28)33-14-20(29-13-23(33)32-15)19-11-30-24(31-12-19)16-6-8-17(9-7-16)25(34)35/h2-5,11-14,16-17,26H,6-10H2,1H3,(H,34,35)/t16-,17-. The molecular weight excluding hydrogens is 468 g/mol. The minimum atomic E-state index is -2.90. The first-order chi connectivity index (χ1) is 17.4. The van der Waals surface area contributed by atoms with Gasteiger partial charge in [0.1, 0.15) is 11.6 Å². The molecule has 0 radical (unpaired) electrons. The van der Waals surface area contributed by atoms with E-state index in [4.69, 9.17) is 4.74 Å². The maximum Gasteiger partial charge on any atom is 0.387 e. The van der Waals surface area contributed by atoms with Gasteiger partial charge in [-0.15, -0.1) is 0 Å². The average Bonchev–Trinajstić information content (AvgIpc) is 3.19. The molecular formula is C26H25F2N5O3. The van der Waals surface area contributed by atoms with Crippen molar-refractivity contribution in [1.82, 2.24) is 24.3 Å². The number of hydrogen-bond donors (Lipinski definition) is 1. The van der Waals surface area contributed by atoms with E-state index in [0.717, 1.165) is 35.6 Å². The van der Waals surface area contributed by atoms with Crippen molar-refractivity contribution in [3.05, 3.63) is 71.8 Å². The maximum absolute atomic E-state index is 12.9. The van der Waals surface area contributed by atoms with E-state index in [9.17, 15) is 18.7 Å². The number of hydrogen-bond acceptors (Lipinski definition) is 6. The van der Waals surface area contributed by atoms with E-state index < -0.39 is 12.6 Å². The molecule has 3 heterocycles. The van der Waals surface area contributed by atoms with Gasteiger partial charge in [0.15, 0.2) is 5.65 Å². The first-order valence-corrected chi connectivity index (χ1v) is 11.8. The molecule has 8 nitrogen and oxygen atoms in total. The highest BCUT2D eigenvalue weighted by Gasteiger charge is 2.28. The van der Waals surface area contributed by atoms with Crippen molar-refractivity contribution < 1.29 is 23.4 Å². The molecule has 0 atom stereocenters. The molecule has 4 aromatic rings. The molecule has 0 amide bonds. The van der Waals surface area contributed by atoms with Crippen molar-refractivity contribution in [3.8, 4) is 17.0 Å². The second-order valence-electron chi connectivity index (χ2n) is 9.02. The molecule has 0 bridgehead atoms. The summed E-state index contributed by atoms with van der Waals surface area (Å²) in [4.78, 5) is 29.4. The number of aliphatic carboxylic acids is 1. The van der Waals surface area contributed by atoms with Crippen molar-refractivity contribution >= 4 is 11.6 Å². The largest absolute Gasteiger partial charge is 0.481 e. The van der Waals surface area contributed by atoms with Crippen LogP contribution in [0.3, 0.4) is 0 Å². The fourth-order valence-corrected chi connectivity index (χ4v) is 4.80. The number of fused-ring (bicyclic) bond motifs is 1. The van der Waals surface area contributed by atoms with Crippen molar-refractivity contribution in [3.63, 3.8) is 0 Å². The molecule has 1 saturated carbocycles. The lowest BCUT2D eigenvalue weighted by Gasteiger charge is -2.24. The van der Waals surface area contributed by atoms with E-state index in [1.54, 1.807) is 36.8 Å². The SMILES string of the molecule is Cc1nc2cnc(-c3cnc([C@H]4CC[C@H](C(=O)O)CC4)nc3)cn2c1Cc1ccccc1OC(F)F. The van der Waals surface area contributed by atoms with E-state index in [2.05, 4.69) is 19.9 Å². The zero-order valence-corrected chi connectivity index (χ0v) is 19.6. The molecule has 1 aliphatic rings. The monoisotopic (exact) mass is 493 g/mol. The summed E-state index contributed by atoms with van der Waals surface area (Å²) in [6.45, 7) is -1.03. The number of aromatic nitrogens is 5. The molecule has 0 aliphatic heterocycles. The molecule has 1 fully saturated rings. The Hall–Kier alpha value is -3.95. The van der Waals surface area contributed by atoms with Gasteiger partial charge < -0.3 is 9.84 Å². The highest BCUT2D eigenvalue weighted by molar-refractivity contribution is 5.70. The van der Waals surface area contributed by atoms with Crippen molar-refractivity contribution in [2.24, 2.45) is 5.92 Å². The lowest BCUT2D eigenvalue weighted by molar-refractivity contribution is -0.142. The summed E-state index contributed by atoms with van der Waals surface area (Å²) >= 11 is 0. The van der Waals surface area contributed by atoms with Gasteiger partial charge in [0.05, 0.1) is 29.2 Å².